The maximum absolute atomic E-state index is 13.1. The van der Waals surface area contributed by atoms with Gasteiger partial charge in [0.2, 0.25) is 5.91 Å². The fraction of sp³-hybridized carbons (Fsp3) is 0.462. The van der Waals surface area contributed by atoms with Crippen molar-refractivity contribution in [2.24, 2.45) is 5.92 Å². The number of nitrogens with zero attached hydrogens (tertiary/aromatic N) is 1. The molecule has 1 amide bonds. The molecule has 2 nitrogen and oxygen atoms in total. The highest BCUT2D eigenvalue weighted by atomic mass is 35.5. The summed E-state index contributed by atoms with van der Waals surface area (Å²) in [4.78, 5) is 13.5. The van der Waals surface area contributed by atoms with Crippen molar-refractivity contribution in [2.45, 2.75) is 19.9 Å². The van der Waals surface area contributed by atoms with Gasteiger partial charge in [-0.1, -0.05) is 6.07 Å². The van der Waals surface area contributed by atoms with Crippen LogP contribution in [0.5, 0.6) is 0 Å². The van der Waals surface area contributed by atoms with Gasteiger partial charge in [-0.25, -0.2) is 4.39 Å². The zero-order chi connectivity index (χ0) is 12.4. The molecule has 1 aliphatic heterocycles. The summed E-state index contributed by atoms with van der Waals surface area (Å²) in [5.41, 5.74) is 1.88. The first-order valence-electron chi connectivity index (χ1n) is 5.69. The molecule has 17 heavy (non-hydrogen) atoms. The molecule has 1 atom stereocenters. The molecule has 0 bridgehead atoms. The molecule has 0 spiro atoms. The Bertz CT molecular complexity index is 435. The van der Waals surface area contributed by atoms with Gasteiger partial charge in [0, 0.05) is 25.4 Å². The highest BCUT2D eigenvalue weighted by Gasteiger charge is 2.28. The van der Waals surface area contributed by atoms with Crippen LogP contribution in [0.4, 0.5) is 4.39 Å². The van der Waals surface area contributed by atoms with Crippen LogP contribution in [-0.2, 0) is 11.3 Å². The molecule has 1 fully saturated rings. The fourth-order valence-electron chi connectivity index (χ4n) is 2.13. The summed E-state index contributed by atoms with van der Waals surface area (Å²) in [6.07, 6.45) is 0.512. The van der Waals surface area contributed by atoms with E-state index in [0.717, 1.165) is 11.1 Å². The molecule has 92 valence electrons. The Morgan fingerprint density at radius 3 is 2.94 bits per heavy atom. The molecule has 0 saturated carbocycles. The van der Waals surface area contributed by atoms with E-state index in [1.807, 2.05) is 6.92 Å². The van der Waals surface area contributed by atoms with Crippen LogP contribution in [0.2, 0.25) is 0 Å². The number of aryl methyl sites for hydroxylation is 1. The van der Waals surface area contributed by atoms with Gasteiger partial charge in [0.05, 0.1) is 0 Å². The van der Waals surface area contributed by atoms with Crippen molar-refractivity contribution in [3.63, 3.8) is 0 Å². The van der Waals surface area contributed by atoms with Crippen LogP contribution in [0.3, 0.4) is 0 Å². The summed E-state index contributed by atoms with van der Waals surface area (Å²) in [6, 6.07) is 4.67. The molecular weight excluding hydrogens is 241 g/mol. The smallest absolute Gasteiger partial charge is 0.223 e. The zero-order valence-corrected chi connectivity index (χ0v) is 10.5. The van der Waals surface area contributed by atoms with Crippen LogP contribution in [0.25, 0.3) is 0 Å². The van der Waals surface area contributed by atoms with Crippen LogP contribution in [0, 0.1) is 18.7 Å². The lowest BCUT2D eigenvalue weighted by Gasteiger charge is -2.17. The van der Waals surface area contributed by atoms with Crippen molar-refractivity contribution in [1.29, 1.82) is 0 Å². The van der Waals surface area contributed by atoms with Gasteiger partial charge >= 0.3 is 0 Å². The van der Waals surface area contributed by atoms with E-state index >= 15 is 0 Å². The lowest BCUT2D eigenvalue weighted by molar-refractivity contribution is -0.128. The molecule has 1 saturated heterocycles. The van der Waals surface area contributed by atoms with Crippen LogP contribution in [-0.4, -0.2) is 23.2 Å². The van der Waals surface area contributed by atoms with Crippen LogP contribution in [0.1, 0.15) is 17.5 Å². The normalized spacial score (nSPS) is 20.1. The summed E-state index contributed by atoms with van der Waals surface area (Å²) in [7, 11) is 0. The van der Waals surface area contributed by atoms with Crippen molar-refractivity contribution in [3.05, 3.63) is 35.1 Å². The standard InChI is InChI=1S/C13H15ClFNO/c1-9-2-3-12(15)5-11(9)8-16-7-10(6-14)4-13(16)17/h2-3,5,10H,4,6-8H2,1H3. The second-order valence-electron chi connectivity index (χ2n) is 4.57. The van der Waals surface area contributed by atoms with Crippen LogP contribution in [0.15, 0.2) is 18.2 Å². The van der Waals surface area contributed by atoms with E-state index in [4.69, 9.17) is 11.6 Å². The van der Waals surface area contributed by atoms with Gasteiger partial charge in [-0.3, -0.25) is 4.79 Å². The molecule has 1 heterocycles. The number of benzene rings is 1. The summed E-state index contributed by atoms with van der Waals surface area (Å²) < 4.78 is 13.1. The number of rotatable bonds is 3. The first-order valence-corrected chi connectivity index (χ1v) is 6.22. The van der Waals surface area contributed by atoms with Gasteiger partial charge in [-0.05, 0) is 36.1 Å². The Balaban J connectivity index is 2.11. The van der Waals surface area contributed by atoms with Gasteiger partial charge in [-0.15, -0.1) is 11.6 Å². The van der Waals surface area contributed by atoms with Crippen LogP contribution < -0.4 is 0 Å². The Labute approximate surface area is 105 Å². The highest BCUT2D eigenvalue weighted by Crippen LogP contribution is 2.22. The van der Waals surface area contributed by atoms with Gasteiger partial charge in [-0.2, -0.15) is 0 Å². The molecule has 2 rings (SSSR count). The number of hydrogen-bond donors (Lipinski definition) is 0. The molecule has 1 aromatic rings. The number of hydrogen-bond acceptors (Lipinski definition) is 1. The number of carbonyl (C=O) groups excluding carboxylic acids is 1. The lowest BCUT2D eigenvalue weighted by atomic mass is 10.1. The van der Waals surface area contributed by atoms with Gasteiger partial charge in [0.25, 0.3) is 0 Å². The van der Waals surface area contributed by atoms with Crippen molar-refractivity contribution in [1.82, 2.24) is 4.90 Å². The monoisotopic (exact) mass is 255 g/mol. The number of alkyl halides is 1. The maximum Gasteiger partial charge on any atom is 0.223 e. The van der Waals surface area contributed by atoms with Crippen molar-refractivity contribution in [2.75, 3.05) is 12.4 Å². The maximum atomic E-state index is 13.1. The Morgan fingerprint density at radius 2 is 2.29 bits per heavy atom. The minimum Gasteiger partial charge on any atom is -0.338 e. The SMILES string of the molecule is Cc1ccc(F)cc1CN1CC(CCl)CC1=O. The molecular formula is C13H15ClFNO. The van der Waals surface area contributed by atoms with E-state index in [1.165, 1.54) is 12.1 Å². The van der Waals surface area contributed by atoms with Gasteiger partial charge in [0.1, 0.15) is 5.82 Å². The molecule has 0 radical (unpaired) electrons. The minimum atomic E-state index is -0.258. The average Bonchev–Trinajstić information content (AvgIpc) is 2.65. The molecule has 0 N–H and O–H groups in total. The van der Waals surface area contributed by atoms with E-state index in [9.17, 15) is 9.18 Å². The third kappa shape index (κ3) is 2.78. The predicted molar refractivity (Wildman–Crippen MR) is 65.4 cm³/mol. The Kier molecular flexibility index (Phi) is 3.67. The van der Waals surface area contributed by atoms with E-state index < -0.39 is 0 Å². The summed E-state index contributed by atoms with van der Waals surface area (Å²) in [5, 5.41) is 0. The quantitative estimate of drug-likeness (QED) is 0.761. The van der Waals surface area contributed by atoms with E-state index in [1.54, 1.807) is 11.0 Å². The first-order chi connectivity index (χ1) is 8.10. The fourth-order valence-corrected chi connectivity index (χ4v) is 2.33. The minimum absolute atomic E-state index is 0.110. The summed E-state index contributed by atoms with van der Waals surface area (Å²) >= 11 is 5.76. The highest BCUT2D eigenvalue weighted by molar-refractivity contribution is 6.18. The number of halogens is 2. The van der Waals surface area contributed by atoms with Crippen molar-refractivity contribution >= 4 is 17.5 Å². The average molecular weight is 256 g/mol. The van der Waals surface area contributed by atoms with E-state index in [-0.39, 0.29) is 17.6 Å². The van der Waals surface area contributed by atoms with E-state index in [2.05, 4.69) is 0 Å². The third-order valence-corrected chi connectivity index (χ3v) is 3.62. The number of likely N-dealkylation sites (tertiary alicyclic amines) is 1. The van der Waals surface area contributed by atoms with Crippen LogP contribution >= 0.6 is 11.6 Å². The van der Waals surface area contributed by atoms with E-state index in [0.29, 0.717) is 25.4 Å². The second-order valence-corrected chi connectivity index (χ2v) is 4.88. The lowest BCUT2D eigenvalue weighted by Crippen LogP contribution is -2.25. The second kappa shape index (κ2) is 5.05. The van der Waals surface area contributed by atoms with Crippen molar-refractivity contribution in [3.8, 4) is 0 Å². The summed E-state index contributed by atoms with van der Waals surface area (Å²) in [5.74, 6) is 0.591. The molecule has 0 aliphatic carbocycles. The molecule has 4 heteroatoms. The summed E-state index contributed by atoms with van der Waals surface area (Å²) in [6.45, 7) is 3.09. The Hall–Kier alpha value is -1.09. The van der Waals surface area contributed by atoms with Gasteiger partial charge < -0.3 is 4.90 Å². The molecule has 0 aromatic heterocycles. The molecule has 1 unspecified atom stereocenters. The third-order valence-electron chi connectivity index (χ3n) is 3.19. The topological polar surface area (TPSA) is 20.3 Å². The van der Waals surface area contributed by atoms with Gasteiger partial charge in [0.15, 0.2) is 0 Å². The predicted octanol–water partition coefficient (Wildman–Crippen LogP) is 2.72. The van der Waals surface area contributed by atoms with Crippen molar-refractivity contribution < 1.29 is 9.18 Å². The molecule has 1 aromatic carbocycles. The number of amides is 1. The number of carbonyl (C=O) groups is 1. The largest absolute Gasteiger partial charge is 0.338 e. The zero-order valence-electron chi connectivity index (χ0n) is 9.75. The molecule has 1 aliphatic rings. The first kappa shape index (κ1) is 12.4. The Morgan fingerprint density at radius 1 is 1.53 bits per heavy atom.